The molecule has 0 saturated heterocycles. The third-order valence-electron chi connectivity index (χ3n) is 3.06. The van der Waals surface area contributed by atoms with Crippen LogP contribution in [0.3, 0.4) is 0 Å². The third-order valence-corrected chi connectivity index (χ3v) is 3.06. The number of nitrogens with one attached hydrogen (secondary N) is 2. The molecule has 5 heteroatoms. The van der Waals surface area contributed by atoms with Crippen molar-refractivity contribution in [2.75, 3.05) is 5.32 Å². The molecule has 114 valence electrons. The molecule has 0 aliphatic heterocycles. The Morgan fingerprint density at radius 1 is 1.09 bits per heavy atom. The second kappa shape index (κ2) is 7.36. The van der Waals surface area contributed by atoms with E-state index in [0.717, 1.165) is 5.69 Å². The van der Waals surface area contributed by atoms with E-state index in [2.05, 4.69) is 15.6 Å². The maximum atomic E-state index is 12.0. The van der Waals surface area contributed by atoms with Gasteiger partial charge in [-0.2, -0.15) is 0 Å². The molecule has 1 heterocycles. The molecule has 0 fully saturated rings. The highest BCUT2D eigenvalue weighted by atomic mass is 16.2. The summed E-state index contributed by atoms with van der Waals surface area (Å²) in [6.45, 7) is 3.66. The molecule has 22 heavy (non-hydrogen) atoms. The van der Waals surface area contributed by atoms with Crippen molar-refractivity contribution in [3.05, 3.63) is 59.8 Å². The summed E-state index contributed by atoms with van der Waals surface area (Å²) in [4.78, 5) is 28.1. The number of nitrogens with zero attached hydrogens (tertiary/aromatic N) is 1. The Morgan fingerprint density at radius 3 is 2.50 bits per heavy atom. The zero-order chi connectivity index (χ0) is 15.9. The number of aryl methyl sites for hydroxylation is 1. The van der Waals surface area contributed by atoms with Gasteiger partial charge in [-0.25, -0.2) is 4.98 Å². The molecule has 5 nitrogen and oxygen atoms in total. The van der Waals surface area contributed by atoms with Crippen LogP contribution in [-0.4, -0.2) is 22.8 Å². The Morgan fingerprint density at radius 2 is 1.82 bits per heavy atom. The Labute approximate surface area is 129 Å². The van der Waals surface area contributed by atoms with Gasteiger partial charge in [-0.05, 0) is 38.1 Å². The monoisotopic (exact) mass is 297 g/mol. The van der Waals surface area contributed by atoms with Gasteiger partial charge in [-0.1, -0.05) is 24.3 Å². The minimum atomic E-state index is -0.266. The summed E-state index contributed by atoms with van der Waals surface area (Å²) >= 11 is 0. The number of benzene rings is 1. The van der Waals surface area contributed by atoms with E-state index in [-0.39, 0.29) is 24.3 Å². The zero-order valence-electron chi connectivity index (χ0n) is 12.7. The maximum Gasteiger partial charge on any atom is 0.251 e. The van der Waals surface area contributed by atoms with E-state index >= 15 is 0 Å². The summed E-state index contributed by atoms with van der Waals surface area (Å²) in [5, 5.41) is 5.53. The molecule has 2 N–H and O–H groups in total. The van der Waals surface area contributed by atoms with Crippen molar-refractivity contribution in [1.82, 2.24) is 10.3 Å². The van der Waals surface area contributed by atoms with Gasteiger partial charge in [0.05, 0.1) is 0 Å². The van der Waals surface area contributed by atoms with E-state index < -0.39 is 0 Å². The molecule has 2 rings (SSSR count). The molecular formula is C17H19N3O2. The normalized spacial score (nSPS) is 11.5. The minimum absolute atomic E-state index is 0.182. The van der Waals surface area contributed by atoms with Gasteiger partial charge in [-0.3, -0.25) is 9.59 Å². The molecule has 2 aromatic rings. The van der Waals surface area contributed by atoms with Crippen LogP contribution in [0.15, 0.2) is 48.5 Å². The van der Waals surface area contributed by atoms with Crippen molar-refractivity contribution < 1.29 is 9.59 Å². The number of carbonyl (C=O) groups excluding carboxylic acids is 2. The highest BCUT2D eigenvalue weighted by Gasteiger charge is 2.13. The molecular weight excluding hydrogens is 278 g/mol. The maximum absolute atomic E-state index is 12.0. The van der Waals surface area contributed by atoms with Gasteiger partial charge in [0.25, 0.3) is 5.91 Å². The molecule has 0 aliphatic carbocycles. The molecule has 1 atom stereocenters. The van der Waals surface area contributed by atoms with Crippen LogP contribution in [0.5, 0.6) is 0 Å². The standard InChI is InChI=1S/C17H19N3O2/c1-12-7-6-10-15(18-12)20-16(21)11-13(2)19-17(22)14-8-4-3-5-9-14/h3-10,13H,11H2,1-2H3,(H,19,22)(H,18,20,21). The summed E-state index contributed by atoms with van der Waals surface area (Å²) in [6, 6.07) is 14.1. The predicted molar refractivity (Wildman–Crippen MR) is 85.6 cm³/mol. The van der Waals surface area contributed by atoms with Gasteiger partial charge in [0, 0.05) is 23.7 Å². The van der Waals surface area contributed by atoms with Crippen LogP contribution in [0.1, 0.15) is 29.4 Å². The SMILES string of the molecule is Cc1cccc(NC(=O)CC(C)NC(=O)c2ccccc2)n1. The Bertz CT molecular complexity index is 656. The van der Waals surface area contributed by atoms with Crippen molar-refractivity contribution >= 4 is 17.6 Å². The van der Waals surface area contributed by atoms with Crippen LogP contribution >= 0.6 is 0 Å². The first-order chi connectivity index (χ1) is 10.5. The van der Waals surface area contributed by atoms with Gasteiger partial charge in [0.2, 0.25) is 5.91 Å². The van der Waals surface area contributed by atoms with Gasteiger partial charge in [0.1, 0.15) is 5.82 Å². The van der Waals surface area contributed by atoms with Crippen LogP contribution in [0, 0.1) is 6.92 Å². The van der Waals surface area contributed by atoms with Gasteiger partial charge in [-0.15, -0.1) is 0 Å². The molecule has 1 aromatic carbocycles. The minimum Gasteiger partial charge on any atom is -0.349 e. The number of carbonyl (C=O) groups is 2. The number of anilines is 1. The van der Waals surface area contributed by atoms with E-state index in [4.69, 9.17) is 0 Å². The van der Waals surface area contributed by atoms with Crippen molar-refractivity contribution in [1.29, 1.82) is 0 Å². The van der Waals surface area contributed by atoms with Crippen molar-refractivity contribution in [3.8, 4) is 0 Å². The number of pyridine rings is 1. The topological polar surface area (TPSA) is 71.1 Å². The lowest BCUT2D eigenvalue weighted by atomic mass is 10.1. The van der Waals surface area contributed by atoms with Crippen molar-refractivity contribution in [2.24, 2.45) is 0 Å². The molecule has 1 unspecified atom stereocenters. The summed E-state index contributed by atoms with van der Waals surface area (Å²) in [5.74, 6) is 0.153. The Hall–Kier alpha value is -2.69. The second-order valence-electron chi connectivity index (χ2n) is 5.16. The zero-order valence-corrected chi connectivity index (χ0v) is 12.7. The van der Waals surface area contributed by atoms with E-state index in [1.807, 2.05) is 25.1 Å². The van der Waals surface area contributed by atoms with E-state index in [0.29, 0.717) is 11.4 Å². The fraction of sp³-hybridized carbons (Fsp3) is 0.235. The molecule has 2 amide bonds. The first-order valence-corrected chi connectivity index (χ1v) is 7.14. The lowest BCUT2D eigenvalue weighted by Gasteiger charge is -2.13. The Balaban J connectivity index is 1.85. The average molecular weight is 297 g/mol. The summed E-state index contributed by atoms with van der Waals surface area (Å²) in [5.41, 5.74) is 1.42. The van der Waals surface area contributed by atoms with Crippen LogP contribution < -0.4 is 10.6 Å². The first-order valence-electron chi connectivity index (χ1n) is 7.14. The quantitative estimate of drug-likeness (QED) is 0.891. The van der Waals surface area contributed by atoms with E-state index in [1.165, 1.54) is 0 Å². The van der Waals surface area contributed by atoms with Crippen LogP contribution in [0.25, 0.3) is 0 Å². The second-order valence-corrected chi connectivity index (χ2v) is 5.16. The number of rotatable bonds is 5. The molecule has 0 bridgehead atoms. The fourth-order valence-electron chi connectivity index (χ4n) is 2.03. The largest absolute Gasteiger partial charge is 0.349 e. The lowest BCUT2D eigenvalue weighted by Crippen LogP contribution is -2.35. The molecule has 0 saturated carbocycles. The third kappa shape index (κ3) is 4.70. The fourth-order valence-corrected chi connectivity index (χ4v) is 2.03. The molecule has 1 aromatic heterocycles. The van der Waals surface area contributed by atoms with Gasteiger partial charge in [0.15, 0.2) is 0 Å². The van der Waals surface area contributed by atoms with Crippen LogP contribution in [-0.2, 0) is 4.79 Å². The number of amides is 2. The molecule has 0 aliphatic rings. The highest BCUT2D eigenvalue weighted by molar-refractivity contribution is 5.95. The van der Waals surface area contributed by atoms with Gasteiger partial charge < -0.3 is 10.6 Å². The highest BCUT2D eigenvalue weighted by Crippen LogP contribution is 2.06. The van der Waals surface area contributed by atoms with E-state index in [9.17, 15) is 9.59 Å². The lowest BCUT2D eigenvalue weighted by molar-refractivity contribution is -0.116. The summed E-state index contributed by atoms with van der Waals surface area (Å²) in [6.07, 6.45) is 0.189. The van der Waals surface area contributed by atoms with Crippen molar-refractivity contribution in [2.45, 2.75) is 26.3 Å². The first kappa shape index (κ1) is 15.7. The number of aromatic nitrogens is 1. The average Bonchev–Trinajstić information content (AvgIpc) is 2.47. The number of hydrogen-bond acceptors (Lipinski definition) is 3. The smallest absolute Gasteiger partial charge is 0.251 e. The molecule has 0 radical (unpaired) electrons. The van der Waals surface area contributed by atoms with E-state index in [1.54, 1.807) is 37.3 Å². The summed E-state index contributed by atoms with van der Waals surface area (Å²) < 4.78 is 0. The Kier molecular flexibility index (Phi) is 5.25. The molecule has 0 spiro atoms. The number of hydrogen-bond donors (Lipinski definition) is 2. The van der Waals surface area contributed by atoms with Gasteiger partial charge >= 0.3 is 0 Å². The summed E-state index contributed by atoms with van der Waals surface area (Å²) in [7, 11) is 0. The van der Waals surface area contributed by atoms with Crippen LogP contribution in [0.2, 0.25) is 0 Å². The van der Waals surface area contributed by atoms with Crippen molar-refractivity contribution in [3.63, 3.8) is 0 Å². The van der Waals surface area contributed by atoms with Crippen LogP contribution in [0.4, 0.5) is 5.82 Å². The predicted octanol–water partition coefficient (Wildman–Crippen LogP) is 2.54.